The maximum absolute atomic E-state index is 13.9. The zero-order valence-electron chi connectivity index (χ0n) is 12.0. The van der Waals surface area contributed by atoms with E-state index in [9.17, 15) is 14.0 Å². The summed E-state index contributed by atoms with van der Waals surface area (Å²) in [7, 11) is 1.31. The lowest BCUT2D eigenvalue weighted by Gasteiger charge is -2.26. The summed E-state index contributed by atoms with van der Waals surface area (Å²) >= 11 is 1.60. The Morgan fingerprint density at radius 2 is 2.23 bits per heavy atom. The molecule has 2 aromatic rings. The van der Waals surface area contributed by atoms with Crippen LogP contribution in [0.1, 0.15) is 34.7 Å². The number of carbonyl (C=O) groups excluding carboxylic acids is 2. The number of methoxy groups -OCH3 is 1. The molecule has 1 aromatic heterocycles. The van der Waals surface area contributed by atoms with Crippen molar-refractivity contribution < 1.29 is 18.7 Å². The van der Waals surface area contributed by atoms with Crippen LogP contribution in [0.2, 0.25) is 0 Å². The molecular formula is C17H15FO3S. The summed E-state index contributed by atoms with van der Waals surface area (Å²) in [4.78, 5) is 24.7. The Kier molecular flexibility index (Phi) is 4.07. The van der Waals surface area contributed by atoms with Crippen molar-refractivity contribution >= 4 is 23.1 Å². The van der Waals surface area contributed by atoms with Gasteiger partial charge in [0.25, 0.3) is 0 Å². The Morgan fingerprint density at radius 3 is 2.91 bits per heavy atom. The molecule has 0 spiro atoms. The first-order valence-corrected chi connectivity index (χ1v) is 7.91. The molecule has 0 fully saturated rings. The third kappa shape index (κ3) is 2.68. The molecule has 0 bridgehead atoms. The van der Waals surface area contributed by atoms with Crippen molar-refractivity contribution in [1.82, 2.24) is 0 Å². The number of esters is 1. The fourth-order valence-corrected chi connectivity index (χ4v) is 3.58. The summed E-state index contributed by atoms with van der Waals surface area (Å²) in [5.41, 5.74) is 2.11. The van der Waals surface area contributed by atoms with Crippen LogP contribution in [0.4, 0.5) is 4.39 Å². The average Bonchev–Trinajstić information content (AvgIpc) is 3.06. The molecule has 5 heteroatoms. The zero-order valence-corrected chi connectivity index (χ0v) is 12.9. The normalized spacial score (nSPS) is 20.5. The molecule has 1 aliphatic rings. The lowest BCUT2D eigenvalue weighted by molar-refractivity contribution is -0.141. The maximum atomic E-state index is 13.9. The SMILES string of the molecule is COC(=O)CC1CC(F)C(=O)c2ccc(-c3cccs3)cc21. The van der Waals surface area contributed by atoms with E-state index in [1.165, 1.54) is 7.11 Å². The van der Waals surface area contributed by atoms with E-state index in [0.29, 0.717) is 5.56 Å². The molecular weight excluding hydrogens is 303 g/mol. The molecule has 1 heterocycles. The Labute approximate surface area is 131 Å². The number of benzene rings is 1. The number of ether oxygens (including phenoxy) is 1. The van der Waals surface area contributed by atoms with E-state index in [1.807, 2.05) is 29.6 Å². The first-order valence-electron chi connectivity index (χ1n) is 7.03. The van der Waals surface area contributed by atoms with Gasteiger partial charge in [-0.1, -0.05) is 18.2 Å². The van der Waals surface area contributed by atoms with Crippen molar-refractivity contribution in [2.75, 3.05) is 7.11 Å². The van der Waals surface area contributed by atoms with Crippen LogP contribution in [-0.2, 0) is 9.53 Å². The Bertz CT molecular complexity index is 709. The molecule has 1 aromatic carbocycles. The first kappa shape index (κ1) is 14.9. The van der Waals surface area contributed by atoms with Gasteiger partial charge in [-0.25, -0.2) is 4.39 Å². The van der Waals surface area contributed by atoms with Crippen LogP contribution >= 0.6 is 11.3 Å². The quantitative estimate of drug-likeness (QED) is 0.804. The predicted octanol–water partition coefficient (Wildman–Crippen LogP) is 3.99. The second kappa shape index (κ2) is 6.01. The van der Waals surface area contributed by atoms with Crippen LogP contribution in [0, 0.1) is 0 Å². The molecule has 22 heavy (non-hydrogen) atoms. The van der Waals surface area contributed by atoms with Crippen molar-refractivity contribution in [2.24, 2.45) is 0 Å². The maximum Gasteiger partial charge on any atom is 0.306 e. The number of Topliss-reactive ketones (excluding diaryl/α,β-unsaturated/α-hetero) is 1. The fraction of sp³-hybridized carbons (Fsp3) is 0.294. The van der Waals surface area contributed by atoms with Gasteiger partial charge < -0.3 is 4.74 Å². The molecule has 0 aliphatic heterocycles. The van der Waals surface area contributed by atoms with Crippen molar-refractivity contribution in [3.63, 3.8) is 0 Å². The highest BCUT2D eigenvalue weighted by molar-refractivity contribution is 7.13. The topological polar surface area (TPSA) is 43.4 Å². The predicted molar refractivity (Wildman–Crippen MR) is 83.0 cm³/mol. The van der Waals surface area contributed by atoms with E-state index in [1.54, 1.807) is 17.4 Å². The number of carbonyl (C=O) groups is 2. The molecule has 1 aliphatic carbocycles. The van der Waals surface area contributed by atoms with Crippen molar-refractivity contribution in [1.29, 1.82) is 0 Å². The van der Waals surface area contributed by atoms with E-state index < -0.39 is 12.0 Å². The van der Waals surface area contributed by atoms with Gasteiger partial charge in [0.1, 0.15) is 0 Å². The Morgan fingerprint density at radius 1 is 1.41 bits per heavy atom. The van der Waals surface area contributed by atoms with Gasteiger partial charge in [0.15, 0.2) is 12.0 Å². The number of halogens is 1. The second-order valence-electron chi connectivity index (χ2n) is 5.32. The average molecular weight is 318 g/mol. The van der Waals surface area contributed by atoms with Gasteiger partial charge in [-0.05, 0) is 41.0 Å². The van der Waals surface area contributed by atoms with Crippen LogP contribution in [0.3, 0.4) is 0 Å². The number of hydrogen-bond acceptors (Lipinski definition) is 4. The van der Waals surface area contributed by atoms with Crippen LogP contribution in [0.15, 0.2) is 35.7 Å². The van der Waals surface area contributed by atoms with Crippen molar-refractivity contribution in [3.8, 4) is 10.4 Å². The van der Waals surface area contributed by atoms with E-state index in [4.69, 9.17) is 0 Å². The van der Waals surface area contributed by atoms with Gasteiger partial charge in [0, 0.05) is 10.4 Å². The van der Waals surface area contributed by atoms with Gasteiger partial charge in [-0.3, -0.25) is 9.59 Å². The summed E-state index contributed by atoms with van der Waals surface area (Å²) in [6, 6.07) is 9.34. The lowest BCUT2D eigenvalue weighted by atomic mass is 9.78. The first-order chi connectivity index (χ1) is 10.6. The van der Waals surface area contributed by atoms with Crippen LogP contribution < -0.4 is 0 Å². The molecule has 0 amide bonds. The number of rotatable bonds is 3. The molecule has 3 rings (SSSR count). The number of alkyl halides is 1. The third-order valence-corrected chi connectivity index (χ3v) is 4.90. The summed E-state index contributed by atoms with van der Waals surface area (Å²) < 4.78 is 18.6. The Balaban J connectivity index is 2.03. The molecule has 2 unspecified atom stereocenters. The molecule has 0 saturated carbocycles. The standard InChI is InChI=1S/C17H15FO3S/c1-21-16(19)9-11-8-14(18)17(20)12-5-4-10(7-13(11)12)15-3-2-6-22-15/h2-7,11,14H,8-9H2,1H3. The molecule has 3 nitrogen and oxygen atoms in total. The zero-order chi connectivity index (χ0) is 15.7. The van der Waals surface area contributed by atoms with Gasteiger partial charge >= 0.3 is 5.97 Å². The number of ketones is 1. The lowest BCUT2D eigenvalue weighted by Crippen LogP contribution is -2.28. The number of fused-ring (bicyclic) bond motifs is 1. The highest BCUT2D eigenvalue weighted by Gasteiger charge is 2.35. The molecule has 0 saturated heterocycles. The minimum absolute atomic E-state index is 0.0365. The fourth-order valence-electron chi connectivity index (χ4n) is 2.85. The third-order valence-electron chi connectivity index (χ3n) is 3.98. The largest absolute Gasteiger partial charge is 0.469 e. The summed E-state index contributed by atoms with van der Waals surface area (Å²) in [6.45, 7) is 0. The number of hydrogen-bond donors (Lipinski definition) is 0. The van der Waals surface area contributed by atoms with Crippen LogP contribution in [0.5, 0.6) is 0 Å². The molecule has 114 valence electrons. The minimum Gasteiger partial charge on any atom is -0.469 e. The summed E-state index contributed by atoms with van der Waals surface area (Å²) in [6.07, 6.45) is -1.42. The Hall–Kier alpha value is -2.01. The van der Waals surface area contributed by atoms with Crippen LogP contribution in [-0.4, -0.2) is 25.0 Å². The minimum atomic E-state index is -1.55. The van der Waals surface area contributed by atoms with Crippen molar-refractivity contribution in [2.45, 2.75) is 24.9 Å². The van der Waals surface area contributed by atoms with Crippen LogP contribution in [0.25, 0.3) is 10.4 Å². The highest BCUT2D eigenvalue weighted by Crippen LogP contribution is 2.38. The van der Waals surface area contributed by atoms with E-state index in [2.05, 4.69) is 4.74 Å². The summed E-state index contributed by atoms with van der Waals surface area (Å²) in [5, 5.41) is 1.98. The smallest absolute Gasteiger partial charge is 0.306 e. The second-order valence-corrected chi connectivity index (χ2v) is 6.27. The van der Waals surface area contributed by atoms with E-state index in [-0.39, 0.29) is 24.7 Å². The van der Waals surface area contributed by atoms with Gasteiger partial charge in [0.05, 0.1) is 13.5 Å². The van der Waals surface area contributed by atoms with E-state index >= 15 is 0 Å². The number of thiophene rings is 1. The molecule has 2 atom stereocenters. The summed E-state index contributed by atoms with van der Waals surface area (Å²) in [5.74, 6) is -1.21. The van der Waals surface area contributed by atoms with Gasteiger partial charge in [-0.15, -0.1) is 11.3 Å². The van der Waals surface area contributed by atoms with E-state index in [0.717, 1.165) is 16.0 Å². The van der Waals surface area contributed by atoms with Gasteiger partial charge in [-0.2, -0.15) is 0 Å². The highest BCUT2D eigenvalue weighted by atomic mass is 32.1. The monoisotopic (exact) mass is 318 g/mol. The van der Waals surface area contributed by atoms with Crippen molar-refractivity contribution in [3.05, 3.63) is 46.8 Å². The molecule has 0 N–H and O–H groups in total. The van der Waals surface area contributed by atoms with Gasteiger partial charge in [0.2, 0.25) is 0 Å². The molecule has 0 radical (unpaired) electrons.